The molecule has 3 aromatic rings. The molecule has 29 heavy (non-hydrogen) atoms. The zero-order valence-corrected chi connectivity index (χ0v) is 17.1. The Morgan fingerprint density at radius 3 is 2.52 bits per heavy atom. The van der Waals surface area contributed by atoms with Gasteiger partial charge in [-0.2, -0.15) is 0 Å². The molecule has 3 rings (SSSR count). The third-order valence-corrected chi connectivity index (χ3v) is 4.81. The molecule has 1 aromatic heterocycles. The number of fused-ring (bicyclic) bond motifs is 1. The first kappa shape index (κ1) is 20.7. The molecule has 0 saturated carbocycles. The summed E-state index contributed by atoms with van der Waals surface area (Å²) in [5, 5.41) is 6.89. The quantitative estimate of drug-likeness (QED) is 0.425. The summed E-state index contributed by atoms with van der Waals surface area (Å²) in [7, 11) is 0. The number of guanidine groups is 1. The van der Waals surface area contributed by atoms with E-state index in [1.54, 1.807) is 12.1 Å². The van der Waals surface area contributed by atoms with E-state index in [9.17, 15) is 9.59 Å². The summed E-state index contributed by atoms with van der Waals surface area (Å²) in [6.07, 6.45) is 1.84. The van der Waals surface area contributed by atoms with Gasteiger partial charge in [-0.3, -0.25) is 14.9 Å². The topological polar surface area (TPSA) is 102 Å². The summed E-state index contributed by atoms with van der Waals surface area (Å²) in [6.45, 7) is 1.58. The molecule has 0 spiro atoms. The number of hydrogen-bond acceptors (Lipinski definition) is 3. The van der Waals surface area contributed by atoms with Crippen molar-refractivity contribution in [3.8, 4) is 0 Å². The summed E-state index contributed by atoms with van der Waals surface area (Å²) in [5.74, 6) is -0.569. The normalized spacial score (nSPS) is 11.5. The van der Waals surface area contributed by atoms with Gasteiger partial charge in [0.15, 0.2) is 5.96 Å². The third-order valence-electron chi connectivity index (χ3n) is 4.13. The number of carbonyl (C=O) groups is 2. The summed E-state index contributed by atoms with van der Waals surface area (Å²) in [6, 6.07) is 12.9. The van der Waals surface area contributed by atoms with Crippen LogP contribution in [0.1, 0.15) is 12.5 Å². The largest absolute Gasteiger partial charge is 0.370 e. The van der Waals surface area contributed by atoms with Gasteiger partial charge in [0.05, 0.1) is 6.54 Å². The van der Waals surface area contributed by atoms with Crippen LogP contribution in [0.4, 0.5) is 5.69 Å². The van der Waals surface area contributed by atoms with Crippen molar-refractivity contribution in [2.75, 3.05) is 5.32 Å². The van der Waals surface area contributed by atoms with E-state index in [0.717, 1.165) is 10.9 Å². The van der Waals surface area contributed by atoms with Crippen LogP contribution in [0.25, 0.3) is 10.9 Å². The zero-order chi connectivity index (χ0) is 21.0. The van der Waals surface area contributed by atoms with Crippen LogP contribution in [-0.4, -0.2) is 22.3 Å². The summed E-state index contributed by atoms with van der Waals surface area (Å²) in [5.41, 5.74) is 7.80. The van der Waals surface area contributed by atoms with Gasteiger partial charge in [-0.15, -0.1) is 0 Å². The number of aliphatic imine (C=N–C) groups is 1. The highest BCUT2D eigenvalue weighted by Crippen LogP contribution is 2.29. The van der Waals surface area contributed by atoms with Crippen LogP contribution in [-0.2, 0) is 22.7 Å². The number of aromatic nitrogens is 1. The lowest BCUT2D eigenvalue weighted by molar-refractivity contribution is -0.120. The fourth-order valence-corrected chi connectivity index (χ4v) is 3.46. The number of anilines is 1. The van der Waals surface area contributed by atoms with Crippen molar-refractivity contribution in [3.63, 3.8) is 0 Å². The van der Waals surface area contributed by atoms with Crippen LogP contribution >= 0.6 is 23.2 Å². The maximum Gasteiger partial charge on any atom is 0.246 e. The molecular weight excluding hydrogens is 413 g/mol. The Hall–Kier alpha value is -3.03. The molecule has 0 unspecified atom stereocenters. The van der Waals surface area contributed by atoms with Crippen LogP contribution in [0.3, 0.4) is 0 Å². The van der Waals surface area contributed by atoms with Gasteiger partial charge in [0.25, 0.3) is 0 Å². The molecule has 0 fully saturated rings. The van der Waals surface area contributed by atoms with Gasteiger partial charge in [0, 0.05) is 39.9 Å². The molecule has 0 saturated heterocycles. The van der Waals surface area contributed by atoms with E-state index in [0.29, 0.717) is 21.3 Å². The monoisotopic (exact) mass is 431 g/mol. The second kappa shape index (κ2) is 8.98. The van der Waals surface area contributed by atoms with E-state index in [1.165, 1.54) is 6.92 Å². The first-order valence-electron chi connectivity index (χ1n) is 8.72. The highest BCUT2D eigenvalue weighted by atomic mass is 35.5. The Bertz CT molecular complexity index is 1080. The highest BCUT2D eigenvalue weighted by Gasteiger charge is 2.11. The summed E-state index contributed by atoms with van der Waals surface area (Å²) in [4.78, 5) is 27.6. The standard InChI is InChI=1S/C20H19Cl2N5O2/c1-12(28)25-14-8-16(21)15(17(22)9-14)10-24-20(23)26-19(29)11-27-7-6-13-4-2-3-5-18(13)27/h2-9H,10-11H2,1H3,(H,25,28)(H3,23,24,26,29). The molecule has 9 heteroatoms. The van der Waals surface area contributed by atoms with Crippen molar-refractivity contribution in [2.24, 2.45) is 10.7 Å². The maximum absolute atomic E-state index is 12.3. The minimum absolute atomic E-state index is 0.0375. The fraction of sp³-hybridized carbons (Fsp3) is 0.150. The Morgan fingerprint density at radius 1 is 1.14 bits per heavy atom. The molecule has 2 amide bonds. The van der Waals surface area contributed by atoms with Crippen molar-refractivity contribution in [3.05, 3.63) is 64.3 Å². The molecule has 0 radical (unpaired) electrons. The third kappa shape index (κ3) is 5.28. The minimum atomic E-state index is -0.300. The van der Waals surface area contributed by atoms with Crippen molar-refractivity contribution in [2.45, 2.75) is 20.0 Å². The number of halogens is 2. The molecule has 0 aliphatic heterocycles. The van der Waals surface area contributed by atoms with Gasteiger partial charge < -0.3 is 15.6 Å². The highest BCUT2D eigenvalue weighted by molar-refractivity contribution is 6.36. The van der Waals surface area contributed by atoms with Crippen LogP contribution in [0.2, 0.25) is 10.0 Å². The molecular formula is C20H19Cl2N5O2. The zero-order valence-electron chi connectivity index (χ0n) is 15.6. The lowest BCUT2D eigenvalue weighted by atomic mass is 10.2. The molecule has 0 atom stereocenters. The molecule has 150 valence electrons. The number of carbonyl (C=O) groups excluding carboxylic acids is 2. The van der Waals surface area contributed by atoms with E-state index < -0.39 is 0 Å². The van der Waals surface area contributed by atoms with E-state index in [-0.39, 0.29) is 30.9 Å². The number of para-hydroxylation sites is 1. The molecule has 1 heterocycles. The maximum atomic E-state index is 12.3. The van der Waals surface area contributed by atoms with E-state index in [4.69, 9.17) is 28.9 Å². The fourth-order valence-electron chi connectivity index (χ4n) is 2.85. The average Bonchev–Trinajstić information content (AvgIpc) is 3.03. The van der Waals surface area contributed by atoms with Crippen molar-refractivity contribution >= 4 is 57.6 Å². The summed E-state index contributed by atoms with van der Waals surface area (Å²) >= 11 is 12.4. The second-order valence-electron chi connectivity index (χ2n) is 6.35. The van der Waals surface area contributed by atoms with Crippen LogP contribution < -0.4 is 16.4 Å². The lowest BCUT2D eigenvalue weighted by Gasteiger charge is -2.10. The van der Waals surface area contributed by atoms with Crippen LogP contribution in [0, 0.1) is 0 Å². The van der Waals surface area contributed by atoms with Crippen molar-refractivity contribution in [1.29, 1.82) is 0 Å². The van der Waals surface area contributed by atoms with Crippen LogP contribution in [0.5, 0.6) is 0 Å². The number of benzene rings is 2. The van der Waals surface area contributed by atoms with E-state index >= 15 is 0 Å². The Balaban J connectivity index is 1.64. The Kier molecular flexibility index (Phi) is 6.41. The first-order valence-corrected chi connectivity index (χ1v) is 9.48. The second-order valence-corrected chi connectivity index (χ2v) is 7.17. The smallest absolute Gasteiger partial charge is 0.246 e. The van der Waals surface area contributed by atoms with Gasteiger partial charge in [0.1, 0.15) is 6.54 Å². The number of nitrogens with zero attached hydrogens (tertiary/aromatic N) is 2. The molecule has 2 aromatic carbocycles. The van der Waals surface area contributed by atoms with Gasteiger partial charge >= 0.3 is 0 Å². The molecule has 0 aliphatic rings. The number of nitrogens with one attached hydrogen (secondary N) is 2. The predicted molar refractivity (Wildman–Crippen MR) is 116 cm³/mol. The van der Waals surface area contributed by atoms with E-state index in [1.807, 2.05) is 41.1 Å². The van der Waals surface area contributed by atoms with Gasteiger partial charge in [-0.1, -0.05) is 41.4 Å². The van der Waals surface area contributed by atoms with Gasteiger partial charge in [-0.05, 0) is 29.7 Å². The van der Waals surface area contributed by atoms with Gasteiger partial charge in [0.2, 0.25) is 11.8 Å². The minimum Gasteiger partial charge on any atom is -0.370 e. The number of rotatable bonds is 5. The molecule has 0 aliphatic carbocycles. The predicted octanol–water partition coefficient (Wildman–Crippen LogP) is 3.54. The first-order chi connectivity index (χ1) is 13.8. The summed E-state index contributed by atoms with van der Waals surface area (Å²) < 4.78 is 1.83. The SMILES string of the molecule is CC(=O)Nc1cc(Cl)c(CN=C(N)NC(=O)Cn2ccc3ccccc32)c(Cl)c1. The van der Waals surface area contributed by atoms with Crippen molar-refractivity contribution < 1.29 is 9.59 Å². The number of hydrogen-bond donors (Lipinski definition) is 3. The number of nitrogens with two attached hydrogens (primary N) is 1. The molecule has 7 nitrogen and oxygen atoms in total. The molecule has 4 N–H and O–H groups in total. The van der Waals surface area contributed by atoms with Gasteiger partial charge in [-0.25, -0.2) is 4.99 Å². The van der Waals surface area contributed by atoms with E-state index in [2.05, 4.69) is 15.6 Å². The Morgan fingerprint density at radius 2 is 1.83 bits per heavy atom. The Labute approximate surface area is 177 Å². The van der Waals surface area contributed by atoms with Crippen molar-refractivity contribution in [1.82, 2.24) is 9.88 Å². The average molecular weight is 432 g/mol. The van der Waals surface area contributed by atoms with Crippen LogP contribution in [0.15, 0.2) is 53.7 Å². The molecule has 0 bridgehead atoms. The number of amides is 2. The lowest BCUT2D eigenvalue weighted by Crippen LogP contribution is -2.38.